The van der Waals surface area contributed by atoms with Crippen molar-refractivity contribution < 1.29 is 47.5 Å². The minimum atomic E-state index is -4.72. The fourth-order valence-corrected chi connectivity index (χ4v) is 8.25. The van der Waals surface area contributed by atoms with E-state index in [-0.39, 0.29) is 19.4 Å². The number of ether oxygens (including phenoxy) is 2. The molecule has 366 valence electrons. The van der Waals surface area contributed by atoms with Gasteiger partial charge in [0.05, 0.1) is 13.2 Å². The minimum absolute atomic E-state index is 0.163. The number of esters is 2. The number of phosphoric acid groups is 1. The van der Waals surface area contributed by atoms with Crippen LogP contribution in [0.3, 0.4) is 0 Å². The molecule has 0 aliphatic heterocycles. The van der Waals surface area contributed by atoms with Crippen LogP contribution in [0.4, 0.5) is 0 Å². The second-order valence-electron chi connectivity index (χ2n) is 17.7. The summed E-state index contributed by atoms with van der Waals surface area (Å²) in [7, 11) is -4.72. The number of carboxylic acid groups (broad SMARTS) is 1. The summed E-state index contributed by atoms with van der Waals surface area (Å²) in [6, 6.07) is -1.52. The van der Waals surface area contributed by atoms with E-state index in [9.17, 15) is 23.8 Å². The maximum absolute atomic E-state index is 12.7. The molecule has 12 heteroatoms. The summed E-state index contributed by atoms with van der Waals surface area (Å²) in [5.41, 5.74) is 5.35. The molecule has 0 fully saturated rings. The summed E-state index contributed by atoms with van der Waals surface area (Å²) in [5.74, 6) is -2.36. The van der Waals surface area contributed by atoms with Crippen molar-refractivity contribution in [2.75, 3.05) is 19.8 Å². The molecule has 0 aromatic rings. The molecule has 0 aliphatic rings. The van der Waals surface area contributed by atoms with Gasteiger partial charge in [-0.15, -0.1) is 0 Å². The van der Waals surface area contributed by atoms with Crippen molar-refractivity contribution >= 4 is 25.7 Å². The first-order valence-electron chi connectivity index (χ1n) is 25.7. The molecular weight excluding hydrogens is 806 g/mol. The summed E-state index contributed by atoms with van der Waals surface area (Å²) >= 11 is 0. The number of aliphatic carboxylic acids is 1. The molecule has 0 spiro atoms. The highest BCUT2D eigenvalue weighted by atomic mass is 31.2. The lowest BCUT2D eigenvalue weighted by Crippen LogP contribution is -2.34. The smallest absolute Gasteiger partial charge is 0.472 e. The van der Waals surface area contributed by atoms with Gasteiger partial charge in [-0.05, 0) is 38.5 Å². The van der Waals surface area contributed by atoms with Crippen LogP contribution < -0.4 is 5.73 Å². The van der Waals surface area contributed by atoms with E-state index < -0.39 is 51.1 Å². The third-order valence-corrected chi connectivity index (χ3v) is 12.5. The molecule has 0 aliphatic carbocycles. The van der Waals surface area contributed by atoms with Crippen LogP contribution in [0.25, 0.3) is 0 Å². The number of carbonyl (C=O) groups is 3. The molecule has 0 saturated heterocycles. The third-order valence-electron chi connectivity index (χ3n) is 11.5. The number of phosphoric ester groups is 1. The molecule has 4 N–H and O–H groups in total. The molecule has 3 atom stereocenters. The number of carbonyl (C=O) groups excluding carboxylic acids is 2. The molecule has 0 aromatic heterocycles. The van der Waals surface area contributed by atoms with E-state index in [1.54, 1.807) is 0 Å². The first-order chi connectivity index (χ1) is 30.1. The predicted molar refractivity (Wildman–Crippen MR) is 254 cm³/mol. The van der Waals surface area contributed by atoms with E-state index in [1.807, 2.05) is 0 Å². The van der Waals surface area contributed by atoms with Gasteiger partial charge in [0.1, 0.15) is 12.6 Å². The van der Waals surface area contributed by atoms with Crippen molar-refractivity contribution in [2.24, 2.45) is 5.73 Å². The Morgan fingerprint density at radius 2 is 0.806 bits per heavy atom. The summed E-state index contributed by atoms with van der Waals surface area (Å²) in [5, 5.41) is 8.92. The quantitative estimate of drug-likeness (QED) is 0.0230. The Kier molecular flexibility index (Phi) is 44.5. The van der Waals surface area contributed by atoms with Crippen molar-refractivity contribution in [3.63, 3.8) is 0 Å². The van der Waals surface area contributed by atoms with Crippen LogP contribution in [0, 0.1) is 0 Å². The summed E-state index contributed by atoms with van der Waals surface area (Å²) in [4.78, 5) is 46.2. The van der Waals surface area contributed by atoms with Crippen LogP contribution in [0.1, 0.15) is 258 Å². The van der Waals surface area contributed by atoms with E-state index in [2.05, 4.69) is 30.5 Å². The van der Waals surface area contributed by atoms with E-state index in [0.29, 0.717) is 12.8 Å². The largest absolute Gasteiger partial charge is 0.480 e. The lowest BCUT2D eigenvalue weighted by atomic mass is 10.0. The Balaban J connectivity index is 4.19. The molecular formula is C50H96NO10P. The van der Waals surface area contributed by atoms with E-state index in [1.165, 1.54) is 180 Å². The summed E-state index contributed by atoms with van der Waals surface area (Å²) < 4.78 is 32.9. The van der Waals surface area contributed by atoms with Crippen LogP contribution in [0.2, 0.25) is 0 Å². The highest BCUT2D eigenvalue weighted by Gasteiger charge is 2.28. The van der Waals surface area contributed by atoms with Crippen molar-refractivity contribution in [1.29, 1.82) is 0 Å². The van der Waals surface area contributed by atoms with Gasteiger partial charge in [0.25, 0.3) is 0 Å². The Morgan fingerprint density at radius 1 is 0.484 bits per heavy atom. The second kappa shape index (κ2) is 45.8. The molecule has 62 heavy (non-hydrogen) atoms. The van der Waals surface area contributed by atoms with Crippen molar-refractivity contribution in [1.82, 2.24) is 0 Å². The molecule has 0 rings (SSSR count). The second-order valence-corrected chi connectivity index (χ2v) is 19.1. The normalized spacial score (nSPS) is 13.6. The Hall–Kier alpha value is -1.78. The van der Waals surface area contributed by atoms with Gasteiger partial charge in [0.2, 0.25) is 0 Å². The van der Waals surface area contributed by atoms with E-state index in [0.717, 1.165) is 38.5 Å². The van der Waals surface area contributed by atoms with Crippen LogP contribution in [0.15, 0.2) is 12.2 Å². The highest BCUT2D eigenvalue weighted by molar-refractivity contribution is 7.47. The minimum Gasteiger partial charge on any atom is -0.480 e. The first kappa shape index (κ1) is 60.2. The van der Waals surface area contributed by atoms with Crippen LogP contribution in [0.5, 0.6) is 0 Å². The van der Waals surface area contributed by atoms with Crippen LogP contribution >= 0.6 is 7.82 Å². The van der Waals surface area contributed by atoms with Gasteiger partial charge in [-0.1, -0.05) is 219 Å². The van der Waals surface area contributed by atoms with Crippen molar-refractivity contribution in [3.8, 4) is 0 Å². The maximum Gasteiger partial charge on any atom is 0.472 e. The molecule has 0 bridgehead atoms. The predicted octanol–water partition coefficient (Wildman–Crippen LogP) is 14.4. The Morgan fingerprint density at radius 3 is 1.19 bits per heavy atom. The number of rotatable bonds is 49. The highest BCUT2D eigenvalue weighted by Crippen LogP contribution is 2.43. The Labute approximate surface area is 379 Å². The molecule has 0 amide bonds. The maximum atomic E-state index is 12.7. The first-order valence-corrected chi connectivity index (χ1v) is 27.2. The number of carboxylic acids is 1. The van der Waals surface area contributed by atoms with E-state index >= 15 is 0 Å². The number of nitrogens with two attached hydrogens (primary N) is 1. The molecule has 1 unspecified atom stereocenters. The third kappa shape index (κ3) is 44.8. The molecule has 0 heterocycles. The van der Waals surface area contributed by atoms with E-state index in [4.69, 9.17) is 24.8 Å². The van der Waals surface area contributed by atoms with Gasteiger partial charge >= 0.3 is 25.7 Å². The molecule has 0 radical (unpaired) electrons. The fraction of sp³-hybridized carbons (Fsp3) is 0.900. The van der Waals surface area contributed by atoms with Crippen LogP contribution in [-0.4, -0.2) is 59.9 Å². The summed E-state index contributed by atoms with van der Waals surface area (Å²) in [6.07, 6.45) is 48.4. The zero-order valence-electron chi connectivity index (χ0n) is 40.0. The standard InChI is InChI=1S/C50H96NO10P/c1-3-5-7-9-11-13-15-17-19-21-22-23-24-26-27-29-31-33-35-37-39-41-48(52)58-43-46(44-59-62(56,57)60-45-47(51)50(54)55)61-49(53)42-40-38-36-34-32-30-28-25-20-18-16-14-12-10-8-6-4-2/h14,16,46-47H,3-13,15,17-45,51H2,1-2H3,(H,54,55)(H,56,57)/b16-14+/t46-,47+/m1/s1. The van der Waals surface area contributed by atoms with Gasteiger partial charge in [-0.2, -0.15) is 0 Å². The van der Waals surface area contributed by atoms with Crippen molar-refractivity contribution in [3.05, 3.63) is 12.2 Å². The van der Waals surface area contributed by atoms with Gasteiger partial charge < -0.3 is 25.2 Å². The zero-order chi connectivity index (χ0) is 45.6. The van der Waals surface area contributed by atoms with Gasteiger partial charge in [-0.3, -0.25) is 23.4 Å². The molecule has 11 nitrogen and oxygen atoms in total. The topological polar surface area (TPSA) is 172 Å². The van der Waals surface area contributed by atoms with Crippen LogP contribution in [-0.2, 0) is 37.5 Å². The number of allylic oxidation sites excluding steroid dienone is 2. The summed E-state index contributed by atoms with van der Waals surface area (Å²) in [6.45, 7) is 2.84. The van der Waals surface area contributed by atoms with Gasteiger partial charge in [0, 0.05) is 12.8 Å². The lowest BCUT2D eigenvalue weighted by molar-refractivity contribution is -0.161. The number of hydrogen-bond donors (Lipinski definition) is 3. The molecule has 0 aromatic carbocycles. The Bertz CT molecular complexity index is 1110. The molecule has 0 saturated carbocycles. The van der Waals surface area contributed by atoms with Crippen molar-refractivity contribution in [2.45, 2.75) is 270 Å². The average Bonchev–Trinajstić information content (AvgIpc) is 3.25. The van der Waals surface area contributed by atoms with Gasteiger partial charge in [0.15, 0.2) is 6.10 Å². The number of hydrogen-bond acceptors (Lipinski definition) is 9. The zero-order valence-corrected chi connectivity index (χ0v) is 40.9. The fourth-order valence-electron chi connectivity index (χ4n) is 7.47. The average molecular weight is 902 g/mol. The monoisotopic (exact) mass is 902 g/mol. The lowest BCUT2D eigenvalue weighted by Gasteiger charge is -2.20. The number of unbranched alkanes of at least 4 members (excludes halogenated alkanes) is 33. The van der Waals surface area contributed by atoms with Gasteiger partial charge in [-0.25, -0.2) is 4.57 Å². The SMILES string of the molecule is CCCCCC/C=C/CCCCCCCCCCCC(=O)O[C@H](COC(=O)CCCCCCCCCCCCCCCCCCCCCCC)COP(=O)(O)OC[C@H](N)C(=O)O.